The number of aldehydes is 1. The Morgan fingerprint density at radius 3 is 2.52 bits per heavy atom. The molecule has 3 heterocycles. The number of likely N-dealkylation sites (tertiary alicyclic amines) is 1. The van der Waals surface area contributed by atoms with Crippen LogP contribution in [0.25, 0.3) is 22.2 Å². The Bertz CT molecular complexity index is 1040. The van der Waals surface area contributed by atoms with Crippen molar-refractivity contribution in [3.63, 3.8) is 0 Å². The van der Waals surface area contributed by atoms with E-state index < -0.39 is 31.0 Å². The zero-order valence-electron chi connectivity index (χ0n) is 14.3. The lowest BCUT2D eigenvalue weighted by atomic mass is 10.0. The second kappa shape index (κ2) is 6.16. The molecule has 1 unspecified atom stereocenters. The number of halogens is 4. The molecule has 1 aliphatic rings. The van der Waals surface area contributed by atoms with Crippen LogP contribution in [0.15, 0.2) is 36.7 Å². The van der Waals surface area contributed by atoms with Gasteiger partial charge in [0.1, 0.15) is 17.5 Å². The highest BCUT2D eigenvalue weighted by atomic mass is 19.3. The van der Waals surface area contributed by atoms with Crippen LogP contribution >= 0.6 is 0 Å². The summed E-state index contributed by atoms with van der Waals surface area (Å²) in [7, 11) is 0. The van der Waals surface area contributed by atoms with Gasteiger partial charge >= 0.3 is 0 Å². The summed E-state index contributed by atoms with van der Waals surface area (Å²) in [6.07, 6.45) is 2.00. The van der Waals surface area contributed by atoms with Crippen molar-refractivity contribution in [2.75, 3.05) is 13.1 Å². The van der Waals surface area contributed by atoms with E-state index in [1.807, 2.05) is 0 Å². The Balaban J connectivity index is 1.79. The third kappa shape index (κ3) is 2.99. The molecule has 0 radical (unpaired) electrons. The van der Waals surface area contributed by atoms with Gasteiger partial charge in [0.2, 0.25) is 0 Å². The lowest BCUT2D eigenvalue weighted by Crippen LogP contribution is -2.58. The smallest absolute Gasteiger partial charge is 0.273 e. The van der Waals surface area contributed by atoms with Gasteiger partial charge in [0.25, 0.3) is 5.92 Å². The molecule has 4 rings (SSSR count). The summed E-state index contributed by atoms with van der Waals surface area (Å²) < 4.78 is 55.5. The largest absolute Gasteiger partial charge is 0.320 e. The highest BCUT2D eigenvalue weighted by Gasteiger charge is 2.47. The van der Waals surface area contributed by atoms with E-state index in [1.54, 1.807) is 25.1 Å². The molecule has 0 N–H and O–H groups in total. The summed E-state index contributed by atoms with van der Waals surface area (Å²) in [6, 6.07) is 6.15. The summed E-state index contributed by atoms with van der Waals surface area (Å²) in [4.78, 5) is 16.9. The number of hydrogen-bond donors (Lipinski definition) is 0. The van der Waals surface area contributed by atoms with Crippen molar-refractivity contribution in [2.45, 2.75) is 19.0 Å². The predicted octanol–water partition coefficient (Wildman–Crippen LogP) is 3.94. The molecule has 140 valence electrons. The number of hydrogen-bond acceptors (Lipinski definition) is 3. The van der Waals surface area contributed by atoms with E-state index in [4.69, 9.17) is 0 Å². The normalized spacial score (nSPS) is 17.7. The lowest BCUT2D eigenvalue weighted by Gasteiger charge is -2.42. The van der Waals surface area contributed by atoms with Gasteiger partial charge < -0.3 is 4.57 Å². The zero-order valence-corrected chi connectivity index (χ0v) is 14.3. The summed E-state index contributed by atoms with van der Waals surface area (Å²) in [5.41, 5.74) is 2.07. The maximum atomic E-state index is 14.3. The van der Waals surface area contributed by atoms with E-state index in [9.17, 15) is 22.4 Å². The van der Waals surface area contributed by atoms with Gasteiger partial charge in [-0.15, -0.1) is 0 Å². The van der Waals surface area contributed by atoms with Crippen LogP contribution < -0.4 is 0 Å². The number of rotatable bonds is 4. The van der Waals surface area contributed by atoms with Crippen molar-refractivity contribution < 1.29 is 22.4 Å². The number of alkyl halides is 2. The molecule has 0 amide bonds. The molecule has 0 saturated carbocycles. The molecule has 1 aromatic carbocycles. The van der Waals surface area contributed by atoms with E-state index in [0.29, 0.717) is 28.5 Å². The molecule has 1 aliphatic heterocycles. The molecule has 1 atom stereocenters. The highest BCUT2D eigenvalue weighted by molar-refractivity contribution is 5.83. The minimum absolute atomic E-state index is 0.0386. The predicted molar refractivity (Wildman–Crippen MR) is 91.4 cm³/mol. The Morgan fingerprint density at radius 1 is 1.15 bits per heavy atom. The van der Waals surface area contributed by atoms with Crippen molar-refractivity contribution in [1.29, 1.82) is 0 Å². The van der Waals surface area contributed by atoms with Gasteiger partial charge in [-0.05, 0) is 36.2 Å². The first-order valence-corrected chi connectivity index (χ1v) is 8.29. The standard InChI is InChI=1S/C19H15F4N3O/c1-11-4-12(2-3-14(11)20)13-5-16-18(24-6-13)15(21)7-26(16)17(8-27)25-9-19(22,23)10-25/h2-8,17H,9-10H2,1H3. The van der Waals surface area contributed by atoms with Crippen LogP contribution in [0.4, 0.5) is 17.6 Å². The molecule has 8 heteroatoms. The van der Waals surface area contributed by atoms with Gasteiger partial charge in [-0.1, -0.05) is 6.07 Å². The van der Waals surface area contributed by atoms with E-state index in [1.165, 1.54) is 21.7 Å². The van der Waals surface area contributed by atoms with Crippen molar-refractivity contribution >= 4 is 17.3 Å². The summed E-state index contributed by atoms with van der Waals surface area (Å²) >= 11 is 0. The van der Waals surface area contributed by atoms with Gasteiger partial charge in [0.05, 0.1) is 18.6 Å². The van der Waals surface area contributed by atoms with Gasteiger partial charge in [0, 0.05) is 18.0 Å². The zero-order chi connectivity index (χ0) is 19.3. The van der Waals surface area contributed by atoms with Crippen molar-refractivity contribution in [2.24, 2.45) is 0 Å². The maximum absolute atomic E-state index is 14.3. The number of aryl methyl sites for hydroxylation is 1. The molecule has 27 heavy (non-hydrogen) atoms. The van der Waals surface area contributed by atoms with E-state index in [0.717, 1.165) is 6.20 Å². The highest BCUT2D eigenvalue weighted by Crippen LogP contribution is 2.34. The summed E-state index contributed by atoms with van der Waals surface area (Å²) in [5, 5.41) is 0. The van der Waals surface area contributed by atoms with Crippen molar-refractivity contribution in [1.82, 2.24) is 14.5 Å². The number of fused-ring (bicyclic) bond motifs is 1. The van der Waals surface area contributed by atoms with Crippen LogP contribution in [0, 0.1) is 18.6 Å². The minimum Gasteiger partial charge on any atom is -0.320 e. The topological polar surface area (TPSA) is 38.1 Å². The Kier molecular flexibility index (Phi) is 4.03. The van der Waals surface area contributed by atoms with Crippen LogP contribution in [0.1, 0.15) is 11.7 Å². The average Bonchev–Trinajstić information content (AvgIpc) is 2.93. The number of carbonyl (C=O) groups excluding carboxylic acids is 1. The molecule has 3 aromatic rings. The molecular weight excluding hydrogens is 362 g/mol. The lowest BCUT2D eigenvalue weighted by molar-refractivity contribution is -0.160. The fraction of sp³-hybridized carbons (Fsp3) is 0.263. The molecular formula is C19H15F4N3O. The Morgan fingerprint density at radius 2 is 1.89 bits per heavy atom. The van der Waals surface area contributed by atoms with Crippen molar-refractivity contribution in [3.8, 4) is 11.1 Å². The van der Waals surface area contributed by atoms with Crippen LogP contribution in [-0.2, 0) is 4.79 Å². The van der Waals surface area contributed by atoms with Gasteiger partial charge in [0.15, 0.2) is 12.1 Å². The van der Waals surface area contributed by atoms with Gasteiger partial charge in [-0.3, -0.25) is 14.7 Å². The van der Waals surface area contributed by atoms with E-state index in [2.05, 4.69) is 4.98 Å². The monoisotopic (exact) mass is 377 g/mol. The molecule has 0 spiro atoms. The number of nitrogens with zero attached hydrogens (tertiary/aromatic N) is 3. The summed E-state index contributed by atoms with van der Waals surface area (Å²) in [6.45, 7) is 0.490. The second-order valence-electron chi connectivity index (χ2n) is 6.75. The molecule has 0 bridgehead atoms. The van der Waals surface area contributed by atoms with Crippen LogP contribution in [0.3, 0.4) is 0 Å². The number of aromatic nitrogens is 2. The second-order valence-corrected chi connectivity index (χ2v) is 6.75. The van der Waals surface area contributed by atoms with Crippen LogP contribution in [0.2, 0.25) is 0 Å². The van der Waals surface area contributed by atoms with Crippen LogP contribution in [-0.4, -0.2) is 39.7 Å². The number of pyridine rings is 1. The number of carbonyl (C=O) groups is 1. The third-order valence-corrected chi connectivity index (χ3v) is 4.77. The summed E-state index contributed by atoms with van der Waals surface area (Å²) in [5.74, 6) is -3.84. The van der Waals surface area contributed by atoms with Crippen LogP contribution in [0.5, 0.6) is 0 Å². The first-order chi connectivity index (χ1) is 12.8. The molecule has 4 nitrogen and oxygen atoms in total. The Hall–Kier alpha value is -2.74. The van der Waals surface area contributed by atoms with Gasteiger partial charge in [-0.25, -0.2) is 17.6 Å². The fourth-order valence-corrected chi connectivity index (χ4v) is 3.35. The molecule has 0 aliphatic carbocycles. The SMILES string of the molecule is Cc1cc(-c2cnc3c(F)cn(C(C=O)N4CC(F)(F)C4)c3c2)ccc1F. The quantitative estimate of drug-likeness (QED) is 0.511. The van der Waals surface area contributed by atoms with Gasteiger partial charge in [-0.2, -0.15) is 0 Å². The molecule has 1 saturated heterocycles. The first kappa shape index (κ1) is 17.7. The van der Waals surface area contributed by atoms with Crippen molar-refractivity contribution in [3.05, 3.63) is 53.9 Å². The van der Waals surface area contributed by atoms with E-state index in [-0.39, 0.29) is 11.3 Å². The van der Waals surface area contributed by atoms with E-state index >= 15 is 0 Å². The first-order valence-electron chi connectivity index (χ1n) is 8.29. The maximum Gasteiger partial charge on any atom is 0.273 e. The minimum atomic E-state index is -2.85. The average molecular weight is 377 g/mol. The molecule has 2 aromatic heterocycles. The number of benzene rings is 1. The fourth-order valence-electron chi connectivity index (χ4n) is 3.35. The Labute approximate surface area is 152 Å². The molecule has 1 fully saturated rings. The third-order valence-electron chi connectivity index (χ3n) is 4.77.